The summed E-state index contributed by atoms with van der Waals surface area (Å²) in [5.41, 5.74) is 11.6. The maximum absolute atomic E-state index is 13.7. The van der Waals surface area contributed by atoms with Gasteiger partial charge in [0.2, 0.25) is 10.0 Å². The fourth-order valence-electron chi connectivity index (χ4n) is 6.83. The van der Waals surface area contributed by atoms with Gasteiger partial charge in [-0.05, 0) is 96.2 Å². The summed E-state index contributed by atoms with van der Waals surface area (Å²) < 4.78 is 29.1. The molecular formula is C35H34BN3O2S. The predicted octanol–water partition coefficient (Wildman–Crippen LogP) is 6.61. The van der Waals surface area contributed by atoms with E-state index in [1.807, 2.05) is 19.1 Å². The number of hydrogen-bond acceptors (Lipinski definition) is 4. The van der Waals surface area contributed by atoms with Gasteiger partial charge in [0, 0.05) is 36.4 Å². The molecule has 0 bridgehead atoms. The summed E-state index contributed by atoms with van der Waals surface area (Å²) in [6.07, 6.45) is 0. The van der Waals surface area contributed by atoms with Crippen molar-refractivity contribution in [1.82, 2.24) is 4.31 Å². The average Bonchev–Trinajstić information content (AvgIpc) is 3.46. The maximum Gasteiger partial charge on any atom is 0.409 e. The standard InChI is InChI=1S/C35H34BN3O2S/c1-23-16-18-29(19-17-23)42(40,41)38-21-30-24(2)25(3)35(26(4)31(30)22-38)36-37-32-14-8-12-28-13-9-15-33(34(28)32)39(36)20-27-10-6-5-7-11-27/h5-19,37H,20-22H2,1-4H3. The molecule has 0 unspecified atom stereocenters. The van der Waals surface area contributed by atoms with E-state index in [1.54, 1.807) is 16.4 Å². The Labute approximate surface area is 249 Å². The Kier molecular flexibility index (Phi) is 6.41. The van der Waals surface area contributed by atoms with E-state index in [1.165, 1.54) is 38.6 Å². The molecule has 42 heavy (non-hydrogen) atoms. The third-order valence-electron chi connectivity index (χ3n) is 9.23. The number of benzene rings is 5. The monoisotopic (exact) mass is 571 g/mol. The summed E-state index contributed by atoms with van der Waals surface area (Å²) in [6, 6.07) is 30.8. The number of nitrogens with one attached hydrogen (secondary N) is 1. The minimum atomic E-state index is -3.62. The van der Waals surface area contributed by atoms with E-state index in [0.717, 1.165) is 34.5 Å². The zero-order chi connectivity index (χ0) is 29.2. The van der Waals surface area contributed by atoms with Crippen molar-refractivity contribution in [2.24, 2.45) is 0 Å². The van der Waals surface area contributed by atoms with Crippen LogP contribution in [0.3, 0.4) is 0 Å². The van der Waals surface area contributed by atoms with Crippen molar-refractivity contribution < 1.29 is 8.42 Å². The van der Waals surface area contributed by atoms with E-state index >= 15 is 0 Å². The molecule has 2 heterocycles. The zero-order valence-electron chi connectivity index (χ0n) is 24.5. The molecule has 0 spiro atoms. The Morgan fingerprint density at radius 3 is 2.12 bits per heavy atom. The molecule has 0 aromatic heterocycles. The molecule has 5 aromatic rings. The van der Waals surface area contributed by atoms with Crippen molar-refractivity contribution in [3.05, 3.63) is 130 Å². The van der Waals surface area contributed by atoms with E-state index < -0.39 is 10.0 Å². The van der Waals surface area contributed by atoms with Crippen LogP contribution in [0.1, 0.15) is 38.9 Å². The highest BCUT2D eigenvalue weighted by atomic mass is 32.2. The lowest BCUT2D eigenvalue weighted by Gasteiger charge is -2.39. The van der Waals surface area contributed by atoms with Gasteiger partial charge in [-0.2, -0.15) is 4.31 Å². The molecule has 2 aliphatic heterocycles. The molecule has 0 saturated carbocycles. The van der Waals surface area contributed by atoms with E-state index in [2.05, 4.69) is 97.5 Å². The van der Waals surface area contributed by atoms with Gasteiger partial charge in [0.25, 0.3) is 0 Å². The summed E-state index contributed by atoms with van der Waals surface area (Å²) >= 11 is 0. The van der Waals surface area contributed by atoms with Crippen LogP contribution in [-0.4, -0.2) is 19.7 Å². The fourth-order valence-corrected chi connectivity index (χ4v) is 8.21. The van der Waals surface area contributed by atoms with Crippen LogP contribution in [0.5, 0.6) is 0 Å². The predicted molar refractivity (Wildman–Crippen MR) is 174 cm³/mol. The number of fused-ring (bicyclic) bond motifs is 1. The van der Waals surface area contributed by atoms with Crippen LogP contribution >= 0.6 is 0 Å². The number of anilines is 2. The van der Waals surface area contributed by atoms with Gasteiger partial charge in [-0.25, -0.2) is 8.42 Å². The SMILES string of the molecule is Cc1ccc(S(=O)(=O)N2Cc3c(C)c(C)c(B4Nc5cccc6cccc(c56)N4Cc4ccccc4)c(C)c3C2)cc1. The molecule has 5 aromatic carbocycles. The lowest BCUT2D eigenvalue weighted by atomic mass is 9.59. The molecule has 0 atom stereocenters. The van der Waals surface area contributed by atoms with E-state index in [4.69, 9.17) is 0 Å². The molecule has 0 aliphatic carbocycles. The Morgan fingerprint density at radius 2 is 1.40 bits per heavy atom. The van der Waals surface area contributed by atoms with Crippen LogP contribution in [0.2, 0.25) is 0 Å². The Morgan fingerprint density at radius 1 is 0.738 bits per heavy atom. The Hall–Kier alpha value is -4.07. The van der Waals surface area contributed by atoms with Crippen molar-refractivity contribution in [2.75, 3.05) is 10.0 Å². The molecule has 2 aliphatic rings. The lowest BCUT2D eigenvalue weighted by Crippen LogP contribution is -2.57. The van der Waals surface area contributed by atoms with Crippen molar-refractivity contribution in [1.29, 1.82) is 0 Å². The van der Waals surface area contributed by atoms with Gasteiger partial charge in [0.15, 0.2) is 0 Å². The van der Waals surface area contributed by atoms with Crippen LogP contribution in [0.4, 0.5) is 11.4 Å². The molecule has 0 amide bonds. The van der Waals surface area contributed by atoms with Gasteiger partial charge < -0.3 is 10.0 Å². The summed E-state index contributed by atoms with van der Waals surface area (Å²) in [5, 5.41) is 6.36. The van der Waals surface area contributed by atoms with Crippen molar-refractivity contribution in [3.8, 4) is 0 Å². The number of sulfonamides is 1. The summed E-state index contributed by atoms with van der Waals surface area (Å²) in [4.78, 5) is 2.82. The van der Waals surface area contributed by atoms with E-state index in [0.29, 0.717) is 18.0 Å². The number of hydrogen-bond donors (Lipinski definition) is 1. The zero-order valence-corrected chi connectivity index (χ0v) is 25.3. The normalized spacial score (nSPS) is 14.8. The van der Waals surface area contributed by atoms with Gasteiger partial charge >= 0.3 is 6.98 Å². The minimum absolute atomic E-state index is 0.113. The molecule has 0 radical (unpaired) electrons. The molecule has 210 valence electrons. The molecular weight excluding hydrogens is 537 g/mol. The number of rotatable bonds is 5. The Balaban J connectivity index is 1.35. The number of nitrogens with zero attached hydrogens (tertiary/aromatic N) is 2. The molecule has 5 nitrogen and oxygen atoms in total. The third kappa shape index (κ3) is 4.22. The highest BCUT2D eigenvalue weighted by molar-refractivity contribution is 7.89. The molecule has 0 saturated heterocycles. The first kappa shape index (κ1) is 26.8. The number of aryl methyl sites for hydroxylation is 1. The second kappa shape index (κ2) is 10.0. The van der Waals surface area contributed by atoms with Crippen molar-refractivity contribution in [2.45, 2.75) is 52.2 Å². The summed E-state index contributed by atoms with van der Waals surface area (Å²) in [6.45, 7) is 9.89. The maximum atomic E-state index is 13.7. The average molecular weight is 572 g/mol. The second-order valence-electron chi connectivity index (χ2n) is 11.7. The van der Waals surface area contributed by atoms with Crippen molar-refractivity contribution in [3.63, 3.8) is 0 Å². The van der Waals surface area contributed by atoms with Crippen molar-refractivity contribution >= 4 is 44.6 Å². The van der Waals surface area contributed by atoms with E-state index in [9.17, 15) is 8.42 Å². The van der Waals surface area contributed by atoms with Gasteiger partial charge in [0.05, 0.1) is 4.90 Å². The highest BCUT2D eigenvalue weighted by Gasteiger charge is 2.39. The molecule has 7 rings (SSSR count). The van der Waals surface area contributed by atoms with Crippen LogP contribution in [-0.2, 0) is 29.7 Å². The second-order valence-corrected chi connectivity index (χ2v) is 13.6. The third-order valence-corrected chi connectivity index (χ3v) is 11.0. The summed E-state index contributed by atoms with van der Waals surface area (Å²) in [7, 11) is -3.62. The Bertz CT molecular complexity index is 1950. The first-order valence-corrected chi connectivity index (χ1v) is 15.9. The first-order valence-electron chi connectivity index (χ1n) is 14.5. The topological polar surface area (TPSA) is 52.7 Å². The molecule has 7 heteroatoms. The first-order chi connectivity index (χ1) is 20.2. The van der Waals surface area contributed by atoms with Gasteiger partial charge in [-0.15, -0.1) is 0 Å². The smallest absolute Gasteiger partial charge is 0.405 e. The molecule has 1 N–H and O–H groups in total. The highest BCUT2D eigenvalue weighted by Crippen LogP contribution is 2.40. The summed E-state index contributed by atoms with van der Waals surface area (Å²) in [5.74, 6) is 0. The minimum Gasteiger partial charge on any atom is -0.405 e. The lowest BCUT2D eigenvalue weighted by molar-refractivity contribution is 0.431. The van der Waals surface area contributed by atoms with Crippen LogP contribution in [0.15, 0.2) is 95.9 Å². The molecule has 0 fully saturated rings. The van der Waals surface area contributed by atoms with E-state index in [-0.39, 0.29) is 6.98 Å². The van der Waals surface area contributed by atoms with Crippen LogP contribution < -0.4 is 15.5 Å². The van der Waals surface area contributed by atoms with Crippen LogP contribution in [0.25, 0.3) is 10.8 Å². The van der Waals surface area contributed by atoms with Crippen LogP contribution in [0, 0.1) is 27.7 Å². The quantitative estimate of drug-likeness (QED) is 0.242. The fraction of sp³-hybridized carbons (Fsp3) is 0.200. The van der Waals surface area contributed by atoms with Gasteiger partial charge in [-0.1, -0.05) is 72.3 Å². The van der Waals surface area contributed by atoms with Gasteiger partial charge in [0.1, 0.15) is 0 Å². The van der Waals surface area contributed by atoms with Gasteiger partial charge in [-0.3, -0.25) is 0 Å². The largest absolute Gasteiger partial charge is 0.409 e.